The van der Waals surface area contributed by atoms with E-state index in [9.17, 15) is 8.42 Å². The minimum atomic E-state index is -3.54. The van der Waals surface area contributed by atoms with Crippen molar-refractivity contribution in [1.29, 1.82) is 0 Å². The van der Waals surface area contributed by atoms with Crippen molar-refractivity contribution in [3.8, 4) is 5.75 Å². The Kier molecular flexibility index (Phi) is 9.53. The van der Waals surface area contributed by atoms with Gasteiger partial charge < -0.3 is 29.6 Å². The highest BCUT2D eigenvalue weighted by molar-refractivity contribution is 9.10. The monoisotopic (exact) mass is 732 g/mol. The van der Waals surface area contributed by atoms with Gasteiger partial charge in [-0.05, 0) is 54.0 Å². The first-order valence-electron chi connectivity index (χ1n) is 15.1. The Morgan fingerprint density at radius 3 is 2.50 bits per heavy atom. The minimum absolute atomic E-state index is 0.290. The van der Waals surface area contributed by atoms with Crippen molar-refractivity contribution in [3.63, 3.8) is 0 Å². The molecule has 0 bridgehead atoms. The molecule has 246 valence electrons. The highest BCUT2D eigenvalue weighted by atomic mass is 79.9. The van der Waals surface area contributed by atoms with E-state index in [1.54, 1.807) is 37.8 Å². The molecule has 2 aromatic carbocycles. The van der Waals surface area contributed by atoms with Gasteiger partial charge in [-0.3, -0.25) is 9.21 Å². The van der Waals surface area contributed by atoms with Crippen molar-refractivity contribution in [2.75, 3.05) is 86.6 Å². The predicted molar refractivity (Wildman–Crippen MR) is 188 cm³/mol. The van der Waals surface area contributed by atoms with Gasteiger partial charge >= 0.3 is 0 Å². The smallest absolute Gasteiger partial charge is 0.232 e. The standard InChI is InChI=1S/C31H38BrClN8O4S/c1-38-10-12-40(13-11-38)21-5-8-41(9-6-21)26-18-29(44-3)25(16-23(26)33)36-31-34-19-22(32)30(37-31)35-24-17-28-20(7-14-45-28)15-27(24)39(2)46(4,42)43/h7,14-19,21H,5-6,8-13H2,1-4H3,(H2,34,35,36,37). The summed E-state index contributed by atoms with van der Waals surface area (Å²) in [6.07, 6.45) is 6.51. The van der Waals surface area contributed by atoms with Gasteiger partial charge in [-0.1, -0.05) is 11.6 Å². The second-order valence-corrected chi connectivity index (χ2v) is 15.0. The second-order valence-electron chi connectivity index (χ2n) is 11.8. The number of ether oxygens (including phenoxy) is 1. The Hall–Kier alpha value is -3.30. The van der Waals surface area contributed by atoms with Gasteiger partial charge in [0, 0.05) is 76.1 Å². The number of nitrogens with one attached hydrogen (secondary N) is 2. The first-order valence-corrected chi connectivity index (χ1v) is 18.1. The fourth-order valence-electron chi connectivity index (χ4n) is 6.01. The van der Waals surface area contributed by atoms with Crippen molar-refractivity contribution in [1.82, 2.24) is 19.8 Å². The van der Waals surface area contributed by atoms with E-state index in [0.717, 1.165) is 69.4 Å². The van der Waals surface area contributed by atoms with Crippen LogP contribution in [-0.4, -0.2) is 101 Å². The number of anilines is 6. The largest absolute Gasteiger partial charge is 0.494 e. The van der Waals surface area contributed by atoms with Crippen molar-refractivity contribution in [3.05, 3.63) is 52.3 Å². The third-order valence-corrected chi connectivity index (χ3v) is 10.9. The van der Waals surface area contributed by atoms with E-state index >= 15 is 0 Å². The number of fused-ring (bicyclic) bond motifs is 1. The fraction of sp³-hybridized carbons (Fsp3) is 0.419. The first-order chi connectivity index (χ1) is 22.0. The SMILES string of the molecule is COc1cc(N2CCC(N3CCN(C)CC3)CC2)c(Cl)cc1Nc1ncc(Br)c(Nc2cc3occc3cc2N(C)S(C)(=O)=O)n1. The summed E-state index contributed by atoms with van der Waals surface area (Å²) < 4.78 is 38.0. The number of piperazine rings is 1. The first kappa shape index (κ1) is 32.6. The average molecular weight is 734 g/mol. The van der Waals surface area contributed by atoms with Gasteiger partial charge in [-0.25, -0.2) is 13.4 Å². The number of methoxy groups -OCH3 is 1. The number of piperidine rings is 1. The molecule has 0 saturated carbocycles. The van der Waals surface area contributed by atoms with E-state index in [1.807, 2.05) is 12.1 Å². The maximum atomic E-state index is 12.4. The molecular formula is C31H38BrClN8O4S. The number of benzene rings is 2. The summed E-state index contributed by atoms with van der Waals surface area (Å²) in [5.74, 6) is 1.32. The molecule has 46 heavy (non-hydrogen) atoms. The minimum Gasteiger partial charge on any atom is -0.494 e. The van der Waals surface area contributed by atoms with Crippen LogP contribution < -0.4 is 24.6 Å². The van der Waals surface area contributed by atoms with Crippen LogP contribution >= 0.6 is 27.5 Å². The Bertz CT molecular complexity index is 1820. The molecule has 0 atom stereocenters. The number of furan rings is 1. The number of aromatic nitrogens is 2. The molecule has 2 aliphatic rings. The highest BCUT2D eigenvalue weighted by Crippen LogP contribution is 2.40. The predicted octanol–water partition coefficient (Wildman–Crippen LogP) is 5.75. The van der Waals surface area contributed by atoms with Gasteiger partial charge in [-0.15, -0.1) is 0 Å². The van der Waals surface area contributed by atoms with Gasteiger partial charge in [0.25, 0.3) is 0 Å². The quantitative estimate of drug-likeness (QED) is 0.219. The van der Waals surface area contributed by atoms with E-state index in [4.69, 9.17) is 20.8 Å². The average Bonchev–Trinajstić information content (AvgIpc) is 3.50. The molecule has 0 aliphatic carbocycles. The van der Waals surface area contributed by atoms with Gasteiger partial charge in [-0.2, -0.15) is 4.98 Å². The van der Waals surface area contributed by atoms with Crippen LogP contribution in [0.2, 0.25) is 5.02 Å². The highest BCUT2D eigenvalue weighted by Gasteiger charge is 2.28. The molecule has 0 radical (unpaired) electrons. The number of nitrogens with zero attached hydrogens (tertiary/aromatic N) is 6. The Morgan fingerprint density at radius 1 is 1.07 bits per heavy atom. The molecule has 12 nitrogen and oxygen atoms in total. The summed E-state index contributed by atoms with van der Waals surface area (Å²) in [5, 5.41) is 7.87. The summed E-state index contributed by atoms with van der Waals surface area (Å²) in [7, 11) is 1.77. The molecule has 4 heterocycles. The zero-order chi connectivity index (χ0) is 32.6. The van der Waals surface area contributed by atoms with Crippen molar-refractivity contribution < 1.29 is 17.6 Å². The Morgan fingerprint density at radius 2 is 1.80 bits per heavy atom. The molecule has 2 N–H and O–H groups in total. The van der Waals surface area contributed by atoms with Crippen LogP contribution in [0.15, 0.2) is 51.7 Å². The van der Waals surface area contributed by atoms with Crippen LogP contribution in [0.4, 0.5) is 34.5 Å². The molecule has 4 aromatic rings. The molecule has 15 heteroatoms. The molecule has 0 spiro atoms. The third-order valence-electron chi connectivity index (χ3n) is 8.78. The number of likely N-dealkylation sites (N-methyl/N-ethyl adjacent to an activating group) is 1. The zero-order valence-corrected chi connectivity index (χ0v) is 29.4. The maximum Gasteiger partial charge on any atom is 0.232 e. The van der Waals surface area contributed by atoms with E-state index in [0.29, 0.717) is 49.7 Å². The van der Waals surface area contributed by atoms with Crippen LogP contribution in [-0.2, 0) is 10.0 Å². The molecular weight excluding hydrogens is 696 g/mol. The molecule has 2 aromatic heterocycles. The number of hydrogen-bond acceptors (Lipinski definition) is 11. The molecule has 2 saturated heterocycles. The zero-order valence-electron chi connectivity index (χ0n) is 26.3. The summed E-state index contributed by atoms with van der Waals surface area (Å²) >= 11 is 10.4. The lowest BCUT2D eigenvalue weighted by atomic mass is 10.0. The summed E-state index contributed by atoms with van der Waals surface area (Å²) in [6.45, 7) is 6.36. The fourth-order valence-corrected chi connectivity index (χ4v) is 7.09. The lowest BCUT2D eigenvalue weighted by molar-refractivity contribution is 0.0982. The number of hydrogen-bond donors (Lipinski definition) is 2. The summed E-state index contributed by atoms with van der Waals surface area (Å²) in [6, 6.07) is 9.67. The van der Waals surface area contributed by atoms with Crippen molar-refractivity contribution >= 4 is 83.0 Å². The van der Waals surface area contributed by atoms with Gasteiger partial charge in [0.05, 0.1) is 51.9 Å². The van der Waals surface area contributed by atoms with E-state index in [1.165, 1.54) is 11.4 Å². The molecule has 6 rings (SSSR count). The van der Waals surface area contributed by atoms with Gasteiger partial charge in [0.1, 0.15) is 17.2 Å². The van der Waals surface area contributed by atoms with Crippen molar-refractivity contribution in [2.24, 2.45) is 0 Å². The normalized spacial score (nSPS) is 17.0. The molecule has 2 fully saturated rings. The van der Waals surface area contributed by atoms with Crippen LogP contribution in [0.5, 0.6) is 5.75 Å². The summed E-state index contributed by atoms with van der Waals surface area (Å²) in [5.41, 5.74) is 3.08. The number of sulfonamides is 1. The maximum absolute atomic E-state index is 12.4. The number of halogens is 2. The molecule has 0 amide bonds. The van der Waals surface area contributed by atoms with Crippen LogP contribution in [0.1, 0.15) is 12.8 Å². The topological polar surface area (TPSA) is 119 Å². The third kappa shape index (κ3) is 7.00. The lowest BCUT2D eigenvalue weighted by Crippen LogP contribution is -2.52. The Balaban J connectivity index is 1.21. The Labute approximate surface area is 282 Å². The number of rotatable bonds is 9. The van der Waals surface area contributed by atoms with E-state index in [-0.39, 0.29) is 5.95 Å². The van der Waals surface area contributed by atoms with E-state index < -0.39 is 10.0 Å². The van der Waals surface area contributed by atoms with Crippen LogP contribution in [0.3, 0.4) is 0 Å². The van der Waals surface area contributed by atoms with Crippen LogP contribution in [0.25, 0.3) is 11.0 Å². The lowest BCUT2D eigenvalue weighted by Gasteiger charge is -2.42. The van der Waals surface area contributed by atoms with Gasteiger partial charge in [0.15, 0.2) is 0 Å². The molecule has 0 unspecified atom stereocenters. The molecule has 2 aliphatic heterocycles. The second kappa shape index (κ2) is 13.4. The van der Waals surface area contributed by atoms with Crippen LogP contribution in [0, 0.1) is 0 Å². The van der Waals surface area contributed by atoms with Gasteiger partial charge in [0.2, 0.25) is 16.0 Å². The summed E-state index contributed by atoms with van der Waals surface area (Å²) in [4.78, 5) is 16.5. The van der Waals surface area contributed by atoms with Crippen molar-refractivity contribution in [2.45, 2.75) is 18.9 Å². The van der Waals surface area contributed by atoms with E-state index in [2.05, 4.69) is 58.3 Å².